The van der Waals surface area contributed by atoms with Gasteiger partial charge in [0.15, 0.2) is 0 Å². The van der Waals surface area contributed by atoms with Gasteiger partial charge in [0, 0.05) is 17.1 Å². The fourth-order valence-electron chi connectivity index (χ4n) is 4.86. The highest BCUT2D eigenvalue weighted by Crippen LogP contribution is 2.40. The van der Waals surface area contributed by atoms with Gasteiger partial charge in [-0.3, -0.25) is 4.79 Å². The first-order valence-corrected chi connectivity index (χ1v) is 14.0. The van der Waals surface area contributed by atoms with Gasteiger partial charge in [0.05, 0.1) is 22.6 Å². The number of hydrogen-bond acceptors (Lipinski definition) is 2. The van der Waals surface area contributed by atoms with Crippen molar-refractivity contribution in [2.45, 2.75) is 32.9 Å². The average Bonchev–Trinajstić information content (AvgIpc) is 3.35. The first-order chi connectivity index (χ1) is 19.4. The van der Waals surface area contributed by atoms with Gasteiger partial charge in [-0.15, -0.1) is 0 Å². The highest BCUT2D eigenvalue weighted by atomic mass is 35.5. The van der Waals surface area contributed by atoms with Crippen molar-refractivity contribution in [2.24, 2.45) is 5.92 Å². The van der Waals surface area contributed by atoms with Gasteiger partial charge in [-0.05, 0) is 105 Å². The number of benzene rings is 3. The maximum absolute atomic E-state index is 14.4. The Morgan fingerprint density at radius 3 is 2.02 bits per heavy atom. The molecule has 41 heavy (non-hydrogen) atoms. The van der Waals surface area contributed by atoms with Gasteiger partial charge in [0.2, 0.25) is 0 Å². The zero-order chi connectivity index (χ0) is 29.7. The summed E-state index contributed by atoms with van der Waals surface area (Å²) in [6.45, 7) is 5.50. The Hall–Kier alpha value is -3.55. The van der Waals surface area contributed by atoms with Crippen LogP contribution < -0.4 is 5.32 Å². The number of nitrogens with zero attached hydrogens (tertiary/aromatic N) is 2. The van der Waals surface area contributed by atoms with Crippen LogP contribution in [-0.2, 0) is 12.6 Å². The van der Waals surface area contributed by atoms with Crippen LogP contribution in [0, 0.1) is 5.92 Å². The molecule has 216 valence electrons. The SMILES string of the molecule is CC(C)Cc1ccc(C(F)(F)F)c(-n2c(-c3ccc(Cl)cc3)ccc2-c2ccc(C(=O)NCCCN(C)C)cc2)c1. The Balaban J connectivity index is 1.80. The first kappa shape index (κ1) is 30.4. The van der Waals surface area contributed by atoms with E-state index < -0.39 is 11.7 Å². The van der Waals surface area contributed by atoms with Crippen molar-refractivity contribution in [3.8, 4) is 28.2 Å². The lowest BCUT2D eigenvalue weighted by atomic mass is 9.99. The van der Waals surface area contributed by atoms with E-state index in [4.69, 9.17) is 11.6 Å². The van der Waals surface area contributed by atoms with Crippen LogP contribution in [-0.4, -0.2) is 42.6 Å². The number of carbonyl (C=O) groups excluding carboxylic acids is 1. The number of carbonyl (C=O) groups is 1. The maximum Gasteiger partial charge on any atom is 0.418 e. The molecule has 0 aliphatic heterocycles. The molecule has 0 bridgehead atoms. The molecule has 4 aromatic rings. The van der Waals surface area contributed by atoms with E-state index in [1.54, 1.807) is 65.2 Å². The van der Waals surface area contributed by atoms with E-state index in [1.807, 2.05) is 40.1 Å². The number of amides is 1. The third-order valence-electron chi connectivity index (χ3n) is 6.78. The number of nitrogens with one attached hydrogen (secondary N) is 1. The second-order valence-electron chi connectivity index (χ2n) is 10.9. The summed E-state index contributed by atoms with van der Waals surface area (Å²) in [6, 6.07) is 22.0. The molecule has 4 rings (SSSR count). The maximum atomic E-state index is 14.4. The van der Waals surface area contributed by atoms with E-state index in [-0.39, 0.29) is 17.5 Å². The fourth-order valence-corrected chi connectivity index (χ4v) is 4.99. The van der Waals surface area contributed by atoms with Gasteiger partial charge in [-0.2, -0.15) is 13.2 Å². The van der Waals surface area contributed by atoms with Gasteiger partial charge >= 0.3 is 6.18 Å². The zero-order valence-electron chi connectivity index (χ0n) is 23.7. The van der Waals surface area contributed by atoms with Gasteiger partial charge in [0.25, 0.3) is 5.91 Å². The molecular formula is C33H35ClF3N3O. The van der Waals surface area contributed by atoms with Crippen molar-refractivity contribution < 1.29 is 18.0 Å². The number of hydrogen-bond donors (Lipinski definition) is 1. The molecule has 0 fully saturated rings. The molecule has 3 aromatic carbocycles. The Morgan fingerprint density at radius 2 is 1.49 bits per heavy atom. The van der Waals surface area contributed by atoms with Gasteiger partial charge in [-0.1, -0.05) is 55.8 Å². The molecule has 0 radical (unpaired) electrons. The summed E-state index contributed by atoms with van der Waals surface area (Å²) in [5.41, 5.74) is 3.27. The monoisotopic (exact) mass is 581 g/mol. The topological polar surface area (TPSA) is 37.3 Å². The summed E-state index contributed by atoms with van der Waals surface area (Å²) in [4.78, 5) is 14.7. The van der Waals surface area contributed by atoms with Gasteiger partial charge in [0.1, 0.15) is 0 Å². The quantitative estimate of drug-likeness (QED) is 0.191. The normalized spacial score (nSPS) is 11.9. The molecule has 1 heterocycles. The van der Waals surface area contributed by atoms with Gasteiger partial charge in [-0.25, -0.2) is 0 Å². The molecule has 4 nitrogen and oxygen atoms in total. The molecule has 0 atom stereocenters. The van der Waals surface area contributed by atoms with E-state index in [0.29, 0.717) is 40.5 Å². The van der Waals surface area contributed by atoms with Crippen LogP contribution in [0.5, 0.6) is 0 Å². The number of rotatable bonds is 10. The summed E-state index contributed by atoms with van der Waals surface area (Å²) in [7, 11) is 3.96. The lowest BCUT2D eigenvalue weighted by Gasteiger charge is -2.21. The van der Waals surface area contributed by atoms with E-state index in [2.05, 4.69) is 10.2 Å². The first-order valence-electron chi connectivity index (χ1n) is 13.7. The Morgan fingerprint density at radius 1 is 0.902 bits per heavy atom. The average molecular weight is 582 g/mol. The largest absolute Gasteiger partial charge is 0.418 e. The van der Waals surface area contributed by atoms with Crippen LogP contribution in [0.25, 0.3) is 28.2 Å². The molecule has 0 spiro atoms. The molecular weight excluding hydrogens is 547 g/mol. The molecule has 1 N–H and O–H groups in total. The predicted molar refractivity (Wildman–Crippen MR) is 161 cm³/mol. The number of aromatic nitrogens is 1. The van der Waals surface area contributed by atoms with E-state index in [0.717, 1.165) is 24.1 Å². The minimum Gasteiger partial charge on any atom is -0.352 e. The van der Waals surface area contributed by atoms with E-state index in [9.17, 15) is 18.0 Å². The predicted octanol–water partition coefficient (Wildman–Crippen LogP) is 8.36. The van der Waals surface area contributed by atoms with E-state index >= 15 is 0 Å². The second-order valence-corrected chi connectivity index (χ2v) is 11.3. The Kier molecular flexibility index (Phi) is 9.61. The molecule has 8 heteroatoms. The summed E-state index contributed by atoms with van der Waals surface area (Å²) >= 11 is 6.12. The summed E-state index contributed by atoms with van der Waals surface area (Å²) in [5.74, 6) is 0.0920. The summed E-state index contributed by atoms with van der Waals surface area (Å²) in [6.07, 6.45) is -3.08. The number of halogens is 4. The van der Waals surface area contributed by atoms with Crippen molar-refractivity contribution in [1.29, 1.82) is 0 Å². The Labute approximate surface area is 244 Å². The highest BCUT2D eigenvalue weighted by molar-refractivity contribution is 6.30. The van der Waals surface area contributed by atoms with Crippen molar-refractivity contribution in [1.82, 2.24) is 14.8 Å². The van der Waals surface area contributed by atoms with Gasteiger partial charge < -0.3 is 14.8 Å². The van der Waals surface area contributed by atoms with Crippen LogP contribution in [0.3, 0.4) is 0 Å². The summed E-state index contributed by atoms with van der Waals surface area (Å²) in [5, 5.41) is 3.46. The molecule has 0 aliphatic carbocycles. The van der Waals surface area contributed by atoms with Crippen molar-refractivity contribution in [3.05, 3.63) is 101 Å². The molecule has 0 unspecified atom stereocenters. The molecule has 0 saturated heterocycles. The zero-order valence-corrected chi connectivity index (χ0v) is 24.5. The number of alkyl halides is 3. The molecule has 0 aliphatic rings. The van der Waals surface area contributed by atoms with Crippen LogP contribution >= 0.6 is 11.6 Å². The molecule has 0 saturated carbocycles. The smallest absolute Gasteiger partial charge is 0.352 e. The van der Waals surface area contributed by atoms with Crippen LogP contribution in [0.15, 0.2) is 78.9 Å². The van der Waals surface area contributed by atoms with Crippen LogP contribution in [0.2, 0.25) is 5.02 Å². The lowest BCUT2D eigenvalue weighted by molar-refractivity contribution is -0.137. The van der Waals surface area contributed by atoms with Crippen LogP contribution in [0.4, 0.5) is 13.2 Å². The van der Waals surface area contributed by atoms with Crippen molar-refractivity contribution >= 4 is 17.5 Å². The third-order valence-corrected chi connectivity index (χ3v) is 7.04. The molecule has 1 aromatic heterocycles. The van der Waals surface area contributed by atoms with Crippen LogP contribution in [0.1, 0.15) is 41.8 Å². The highest BCUT2D eigenvalue weighted by Gasteiger charge is 2.35. The minimum absolute atomic E-state index is 0.0586. The molecule has 1 amide bonds. The third kappa shape index (κ3) is 7.60. The summed E-state index contributed by atoms with van der Waals surface area (Å²) < 4.78 is 44.8. The van der Waals surface area contributed by atoms with Crippen molar-refractivity contribution in [2.75, 3.05) is 27.2 Å². The fraction of sp³-hybridized carbons (Fsp3) is 0.303. The Bertz CT molecular complexity index is 1470. The lowest BCUT2D eigenvalue weighted by Crippen LogP contribution is -2.27. The van der Waals surface area contributed by atoms with E-state index in [1.165, 1.54) is 6.07 Å². The second kappa shape index (κ2) is 13.0. The van der Waals surface area contributed by atoms with Crippen molar-refractivity contribution in [3.63, 3.8) is 0 Å². The minimum atomic E-state index is -4.56. The standard InChI is InChI=1S/C33H35ClF3N3O/c1-22(2)20-23-6-15-28(33(35,36)37)31(21-23)40-29(16-17-30(40)25-11-13-27(34)14-12-25)24-7-9-26(10-8-24)32(41)38-18-5-19-39(3)4/h6-17,21-22H,5,18-20H2,1-4H3,(H,38,41).